The van der Waals surface area contributed by atoms with Crippen LogP contribution in [0, 0.1) is 0 Å². The number of hydrogen-bond acceptors (Lipinski definition) is 6. The molecule has 0 saturated carbocycles. The average Bonchev–Trinajstić information content (AvgIpc) is 2.28. The summed E-state index contributed by atoms with van der Waals surface area (Å²) in [5.74, 6) is -1.27. The molecule has 0 aliphatic rings. The van der Waals surface area contributed by atoms with E-state index in [2.05, 4.69) is 9.97 Å². The molecule has 0 bridgehead atoms. The van der Waals surface area contributed by atoms with Crippen molar-refractivity contribution in [3.63, 3.8) is 0 Å². The van der Waals surface area contributed by atoms with Crippen LogP contribution in [0.25, 0.3) is 0 Å². The summed E-state index contributed by atoms with van der Waals surface area (Å²) < 4.78 is 14.7. The van der Waals surface area contributed by atoms with Gasteiger partial charge in [0, 0.05) is 7.11 Å². The fourth-order valence-corrected chi connectivity index (χ4v) is 1.02. The summed E-state index contributed by atoms with van der Waals surface area (Å²) in [6.07, 6.45) is 1.17. The maximum Gasteiger partial charge on any atom is 0.346 e. The molecule has 7 nitrogen and oxygen atoms in total. The lowest BCUT2D eigenvalue weighted by atomic mass is 10.3. The minimum Gasteiger partial charge on any atom is -0.480 e. The maximum absolute atomic E-state index is 11.0. The number of methoxy groups -OCH3 is 2. The van der Waals surface area contributed by atoms with E-state index in [0.29, 0.717) is 6.61 Å². The number of hydrogen-bond donors (Lipinski definition) is 1. The average molecular weight is 228 g/mol. The van der Waals surface area contributed by atoms with Gasteiger partial charge in [0.15, 0.2) is 5.56 Å². The van der Waals surface area contributed by atoms with Crippen molar-refractivity contribution >= 4 is 5.97 Å². The molecule has 1 heterocycles. The standard InChI is InChI=1S/C9H12N2O5/c1-14-3-4-16-8-6(9(12)13)7(15-2)10-5-11-8/h5H,3-4H2,1-2H3,(H,12,13). The Hall–Kier alpha value is -1.89. The number of nitrogens with zero attached hydrogens (tertiary/aromatic N) is 2. The molecule has 1 N–H and O–H groups in total. The predicted octanol–water partition coefficient (Wildman–Crippen LogP) is 0.209. The first-order valence-corrected chi connectivity index (χ1v) is 4.44. The Kier molecular flexibility index (Phi) is 4.46. The monoisotopic (exact) mass is 228 g/mol. The topological polar surface area (TPSA) is 90.8 Å². The Morgan fingerprint density at radius 1 is 1.31 bits per heavy atom. The predicted molar refractivity (Wildman–Crippen MR) is 52.9 cm³/mol. The molecule has 0 radical (unpaired) electrons. The zero-order valence-electron chi connectivity index (χ0n) is 8.97. The van der Waals surface area contributed by atoms with Crippen LogP contribution in [0.3, 0.4) is 0 Å². The van der Waals surface area contributed by atoms with Crippen molar-refractivity contribution in [2.24, 2.45) is 0 Å². The van der Waals surface area contributed by atoms with Crippen LogP contribution in [0.5, 0.6) is 11.8 Å². The third-order valence-electron chi connectivity index (χ3n) is 1.71. The highest BCUT2D eigenvalue weighted by atomic mass is 16.5. The summed E-state index contributed by atoms with van der Waals surface area (Å²) in [6, 6.07) is 0. The molecule has 0 amide bonds. The highest BCUT2D eigenvalue weighted by Crippen LogP contribution is 2.23. The minimum atomic E-state index is -1.20. The van der Waals surface area contributed by atoms with Gasteiger partial charge in [-0.05, 0) is 0 Å². The summed E-state index contributed by atoms with van der Waals surface area (Å²) in [6.45, 7) is 0.544. The molecule has 1 aromatic rings. The smallest absolute Gasteiger partial charge is 0.346 e. The van der Waals surface area contributed by atoms with Gasteiger partial charge in [0.25, 0.3) is 0 Å². The van der Waals surface area contributed by atoms with Crippen molar-refractivity contribution in [1.29, 1.82) is 0 Å². The van der Waals surface area contributed by atoms with Gasteiger partial charge >= 0.3 is 5.97 Å². The van der Waals surface area contributed by atoms with Crippen molar-refractivity contribution in [2.75, 3.05) is 27.4 Å². The van der Waals surface area contributed by atoms with Crippen LogP contribution >= 0.6 is 0 Å². The van der Waals surface area contributed by atoms with E-state index in [1.165, 1.54) is 20.5 Å². The molecular weight excluding hydrogens is 216 g/mol. The zero-order chi connectivity index (χ0) is 12.0. The SMILES string of the molecule is COCCOc1ncnc(OC)c1C(=O)O. The van der Waals surface area contributed by atoms with E-state index in [1.54, 1.807) is 0 Å². The van der Waals surface area contributed by atoms with Crippen molar-refractivity contribution in [2.45, 2.75) is 0 Å². The van der Waals surface area contributed by atoms with E-state index >= 15 is 0 Å². The van der Waals surface area contributed by atoms with Crippen LogP contribution in [0.4, 0.5) is 0 Å². The van der Waals surface area contributed by atoms with Crippen molar-refractivity contribution in [3.8, 4) is 11.8 Å². The van der Waals surface area contributed by atoms with E-state index in [-0.39, 0.29) is 23.9 Å². The fourth-order valence-electron chi connectivity index (χ4n) is 1.02. The summed E-state index contributed by atoms with van der Waals surface area (Å²) in [4.78, 5) is 18.4. The van der Waals surface area contributed by atoms with Crippen LogP contribution in [-0.2, 0) is 4.74 Å². The summed E-state index contributed by atoms with van der Waals surface area (Å²) in [7, 11) is 2.84. The summed E-state index contributed by atoms with van der Waals surface area (Å²) in [5.41, 5.74) is -0.193. The first-order chi connectivity index (χ1) is 7.70. The van der Waals surface area contributed by atoms with Crippen LogP contribution in [0.15, 0.2) is 6.33 Å². The zero-order valence-corrected chi connectivity index (χ0v) is 8.97. The normalized spacial score (nSPS) is 9.88. The van der Waals surface area contributed by atoms with Crippen LogP contribution in [-0.4, -0.2) is 48.5 Å². The molecule has 0 atom stereocenters. The number of rotatable bonds is 6. The van der Waals surface area contributed by atoms with Crippen molar-refractivity contribution < 1.29 is 24.1 Å². The van der Waals surface area contributed by atoms with E-state index < -0.39 is 5.97 Å². The number of carboxylic acid groups (broad SMARTS) is 1. The molecule has 0 spiro atoms. The van der Waals surface area contributed by atoms with Crippen LogP contribution < -0.4 is 9.47 Å². The molecule has 0 aromatic carbocycles. The Labute approximate surface area is 92.0 Å². The summed E-state index contributed by atoms with van der Waals surface area (Å²) >= 11 is 0. The second-order valence-corrected chi connectivity index (χ2v) is 2.71. The Morgan fingerprint density at radius 2 is 2.00 bits per heavy atom. The number of carbonyl (C=O) groups is 1. The fraction of sp³-hybridized carbons (Fsp3) is 0.444. The molecule has 1 aromatic heterocycles. The molecule has 16 heavy (non-hydrogen) atoms. The first-order valence-electron chi connectivity index (χ1n) is 4.44. The third-order valence-corrected chi connectivity index (χ3v) is 1.71. The molecule has 0 aliphatic heterocycles. The minimum absolute atomic E-state index is 0.0311. The number of aromatic nitrogens is 2. The second-order valence-electron chi connectivity index (χ2n) is 2.71. The lowest BCUT2D eigenvalue weighted by Gasteiger charge is -2.09. The number of ether oxygens (including phenoxy) is 3. The number of aromatic carboxylic acids is 1. The first kappa shape index (κ1) is 12.2. The van der Waals surface area contributed by atoms with E-state index in [1.807, 2.05) is 0 Å². The van der Waals surface area contributed by atoms with Gasteiger partial charge in [0.2, 0.25) is 11.8 Å². The van der Waals surface area contributed by atoms with Crippen LogP contribution in [0.1, 0.15) is 10.4 Å². The van der Waals surface area contributed by atoms with Crippen molar-refractivity contribution in [3.05, 3.63) is 11.9 Å². The van der Waals surface area contributed by atoms with Gasteiger partial charge in [-0.1, -0.05) is 0 Å². The highest BCUT2D eigenvalue weighted by molar-refractivity contribution is 5.92. The molecule has 0 aliphatic carbocycles. The molecule has 0 fully saturated rings. The second kappa shape index (κ2) is 5.86. The van der Waals surface area contributed by atoms with Crippen molar-refractivity contribution in [1.82, 2.24) is 9.97 Å². The van der Waals surface area contributed by atoms with Gasteiger partial charge < -0.3 is 19.3 Å². The van der Waals surface area contributed by atoms with E-state index in [9.17, 15) is 4.79 Å². The van der Waals surface area contributed by atoms with Gasteiger partial charge in [-0.25, -0.2) is 14.8 Å². The van der Waals surface area contributed by atoms with Gasteiger partial charge in [0.1, 0.15) is 12.9 Å². The Balaban J connectivity index is 2.93. The Bertz CT molecular complexity index is 369. The molecule has 1 rings (SSSR count). The van der Waals surface area contributed by atoms with Gasteiger partial charge in [-0.15, -0.1) is 0 Å². The van der Waals surface area contributed by atoms with E-state index in [0.717, 1.165) is 0 Å². The molecule has 88 valence electrons. The third kappa shape index (κ3) is 2.80. The maximum atomic E-state index is 11.0. The highest BCUT2D eigenvalue weighted by Gasteiger charge is 2.20. The summed E-state index contributed by atoms with van der Waals surface area (Å²) in [5, 5.41) is 8.96. The van der Waals surface area contributed by atoms with E-state index in [4.69, 9.17) is 19.3 Å². The molecule has 7 heteroatoms. The van der Waals surface area contributed by atoms with Gasteiger partial charge in [0.05, 0.1) is 13.7 Å². The Morgan fingerprint density at radius 3 is 2.56 bits per heavy atom. The molecule has 0 unspecified atom stereocenters. The largest absolute Gasteiger partial charge is 0.480 e. The number of carboxylic acids is 1. The molecular formula is C9H12N2O5. The molecule has 0 saturated heterocycles. The quantitative estimate of drug-likeness (QED) is 0.696. The lowest BCUT2D eigenvalue weighted by molar-refractivity contribution is 0.0682. The van der Waals surface area contributed by atoms with Crippen LogP contribution in [0.2, 0.25) is 0 Å². The van der Waals surface area contributed by atoms with Gasteiger partial charge in [-0.3, -0.25) is 0 Å². The lowest BCUT2D eigenvalue weighted by Crippen LogP contribution is -2.11. The van der Waals surface area contributed by atoms with Gasteiger partial charge in [-0.2, -0.15) is 0 Å².